The van der Waals surface area contributed by atoms with E-state index in [0.29, 0.717) is 5.56 Å². The summed E-state index contributed by atoms with van der Waals surface area (Å²) in [5, 5.41) is 10.2. The van der Waals surface area contributed by atoms with E-state index in [2.05, 4.69) is 4.79 Å². The second-order valence-corrected chi connectivity index (χ2v) is 5.05. The van der Waals surface area contributed by atoms with Crippen LogP contribution in [0.25, 0.3) is 5.53 Å². The van der Waals surface area contributed by atoms with Crippen LogP contribution in [0.2, 0.25) is 0 Å². The van der Waals surface area contributed by atoms with Gasteiger partial charge in [0.05, 0.1) is 0 Å². The first-order valence-corrected chi connectivity index (χ1v) is 6.92. The van der Waals surface area contributed by atoms with Crippen molar-refractivity contribution in [3.63, 3.8) is 0 Å². The van der Waals surface area contributed by atoms with Crippen molar-refractivity contribution in [2.75, 3.05) is 0 Å². The molecule has 3 unspecified atom stereocenters. The fourth-order valence-corrected chi connectivity index (χ4v) is 2.39. The zero-order valence-electron chi connectivity index (χ0n) is 11.7. The van der Waals surface area contributed by atoms with Gasteiger partial charge in [-0.15, -0.1) is 0 Å². The molecule has 1 aliphatic rings. The molecular weight excluding hydrogens is 280 g/mol. The van der Waals surface area contributed by atoms with Gasteiger partial charge in [0.15, 0.2) is 12.2 Å². The number of aliphatic hydroxyl groups excluding tert-OH is 1. The van der Waals surface area contributed by atoms with Gasteiger partial charge in [-0.1, -0.05) is 60.7 Å². The van der Waals surface area contributed by atoms with Crippen LogP contribution >= 0.6 is 0 Å². The summed E-state index contributed by atoms with van der Waals surface area (Å²) in [7, 11) is 0. The van der Waals surface area contributed by atoms with Crippen molar-refractivity contribution in [3.05, 3.63) is 77.3 Å². The Morgan fingerprint density at radius 3 is 2.27 bits per heavy atom. The first-order valence-electron chi connectivity index (χ1n) is 6.92. The molecule has 2 aromatic carbocycles. The molecule has 5 heteroatoms. The average molecular weight is 294 g/mol. The van der Waals surface area contributed by atoms with Crippen LogP contribution in [0.1, 0.15) is 23.3 Å². The van der Waals surface area contributed by atoms with Crippen LogP contribution in [0.3, 0.4) is 0 Å². The number of ether oxygens (including phenoxy) is 1. The fraction of sp³-hybridized carbons (Fsp3) is 0.176. The van der Waals surface area contributed by atoms with Crippen molar-refractivity contribution in [1.29, 1.82) is 0 Å². The minimum absolute atomic E-state index is 0.311. The summed E-state index contributed by atoms with van der Waals surface area (Å²) < 4.78 is 5.38. The number of carbonyl (C=O) groups excluding carboxylic acids is 1. The molecule has 3 rings (SSSR count). The Balaban J connectivity index is 1.76. The average Bonchev–Trinajstić information content (AvgIpc) is 3.37. The number of hydrogen-bond acceptors (Lipinski definition) is 3. The first-order chi connectivity index (χ1) is 10.7. The molecule has 0 aromatic heterocycles. The number of epoxide rings is 1. The standard InChI is InChI=1S/C17H14N2O3/c18-19-13(14(20)11-7-3-1-4-8-11)15(21)17-16(22-17)12-9-5-2-6-10-12/h1-10,14,16-17,20H. The van der Waals surface area contributed by atoms with E-state index in [1.54, 1.807) is 30.3 Å². The molecule has 1 N–H and O–H groups in total. The van der Waals surface area contributed by atoms with E-state index in [0.717, 1.165) is 5.56 Å². The highest BCUT2D eigenvalue weighted by Crippen LogP contribution is 2.39. The second kappa shape index (κ2) is 6.03. The lowest BCUT2D eigenvalue weighted by Crippen LogP contribution is -2.27. The Morgan fingerprint density at radius 2 is 1.68 bits per heavy atom. The SMILES string of the molecule is [N-]=[N+]=C(C(=O)C1OC1c1ccccc1)C(O)c1ccccc1. The Bertz CT molecular complexity index is 724. The molecule has 0 bridgehead atoms. The van der Waals surface area contributed by atoms with Gasteiger partial charge < -0.3 is 15.4 Å². The molecule has 0 spiro atoms. The lowest BCUT2D eigenvalue weighted by molar-refractivity contribution is -0.120. The summed E-state index contributed by atoms with van der Waals surface area (Å²) in [6.45, 7) is 0. The number of Topliss-reactive ketones (excluding diaryl/α,β-unsaturated/α-hetero) is 1. The zero-order chi connectivity index (χ0) is 15.5. The number of hydrogen-bond donors (Lipinski definition) is 1. The van der Waals surface area contributed by atoms with Gasteiger partial charge in [0.1, 0.15) is 6.10 Å². The summed E-state index contributed by atoms with van der Waals surface area (Å²) in [5.41, 5.74) is 10.2. The molecule has 1 heterocycles. The van der Waals surface area contributed by atoms with Gasteiger partial charge in [0.2, 0.25) is 0 Å². The van der Waals surface area contributed by atoms with Gasteiger partial charge in [-0.25, -0.2) is 0 Å². The summed E-state index contributed by atoms with van der Waals surface area (Å²) in [4.78, 5) is 15.4. The van der Waals surface area contributed by atoms with Gasteiger partial charge in [0, 0.05) is 0 Å². The highest BCUT2D eigenvalue weighted by Gasteiger charge is 2.51. The molecule has 1 saturated heterocycles. The molecule has 1 fully saturated rings. The zero-order valence-corrected chi connectivity index (χ0v) is 11.7. The van der Waals surface area contributed by atoms with Gasteiger partial charge >= 0.3 is 5.71 Å². The van der Waals surface area contributed by atoms with Crippen molar-refractivity contribution >= 4 is 11.5 Å². The molecule has 1 aliphatic heterocycles. The molecule has 0 saturated carbocycles. The smallest absolute Gasteiger partial charge is 0.369 e. The first kappa shape index (κ1) is 14.4. The van der Waals surface area contributed by atoms with Crippen molar-refractivity contribution < 1.29 is 19.4 Å². The maximum atomic E-state index is 12.4. The summed E-state index contributed by atoms with van der Waals surface area (Å²) in [6.07, 6.45) is -2.35. The van der Waals surface area contributed by atoms with Gasteiger partial charge in [-0.3, -0.25) is 4.79 Å². The van der Waals surface area contributed by atoms with E-state index in [4.69, 9.17) is 10.3 Å². The molecule has 0 aliphatic carbocycles. The molecule has 0 radical (unpaired) electrons. The number of benzene rings is 2. The van der Waals surface area contributed by atoms with E-state index in [-0.39, 0.29) is 11.8 Å². The van der Waals surface area contributed by atoms with Crippen molar-refractivity contribution in [1.82, 2.24) is 0 Å². The summed E-state index contributed by atoms with van der Waals surface area (Å²) in [6, 6.07) is 17.9. The van der Waals surface area contributed by atoms with Crippen molar-refractivity contribution in [2.45, 2.75) is 18.3 Å². The van der Waals surface area contributed by atoms with Crippen LogP contribution in [-0.2, 0) is 9.53 Å². The monoisotopic (exact) mass is 294 g/mol. The topological polar surface area (TPSA) is 86.2 Å². The maximum Gasteiger partial charge on any atom is 0.369 e. The fourth-order valence-electron chi connectivity index (χ4n) is 2.39. The number of rotatable bonds is 5. The number of nitrogens with zero attached hydrogens (tertiary/aromatic N) is 2. The quantitative estimate of drug-likeness (QED) is 0.396. The summed E-state index contributed by atoms with van der Waals surface area (Å²) >= 11 is 0. The van der Waals surface area contributed by atoms with Crippen LogP contribution in [0.4, 0.5) is 0 Å². The van der Waals surface area contributed by atoms with E-state index >= 15 is 0 Å². The van der Waals surface area contributed by atoms with Crippen LogP contribution in [0.15, 0.2) is 60.7 Å². The lowest BCUT2D eigenvalue weighted by atomic mass is 9.98. The van der Waals surface area contributed by atoms with Gasteiger partial charge in [-0.2, -0.15) is 4.79 Å². The Hall–Kier alpha value is -2.59. The highest BCUT2D eigenvalue weighted by molar-refractivity contribution is 6.41. The van der Waals surface area contributed by atoms with Gasteiger partial charge in [0.25, 0.3) is 5.78 Å². The molecule has 3 atom stereocenters. The van der Waals surface area contributed by atoms with Crippen LogP contribution in [0.5, 0.6) is 0 Å². The maximum absolute atomic E-state index is 12.4. The molecule has 22 heavy (non-hydrogen) atoms. The molecule has 110 valence electrons. The molecular formula is C17H14N2O3. The molecule has 0 amide bonds. The van der Waals surface area contributed by atoms with E-state index < -0.39 is 18.0 Å². The van der Waals surface area contributed by atoms with E-state index in [1.807, 2.05) is 30.3 Å². The van der Waals surface area contributed by atoms with Crippen LogP contribution in [-0.4, -0.2) is 27.5 Å². The van der Waals surface area contributed by atoms with Crippen LogP contribution in [0, 0.1) is 0 Å². The number of carbonyl (C=O) groups is 1. The highest BCUT2D eigenvalue weighted by atomic mass is 16.6. The minimum Gasteiger partial charge on any atom is -0.376 e. The molecule has 2 aromatic rings. The number of aliphatic hydroxyl groups is 1. The van der Waals surface area contributed by atoms with Crippen LogP contribution < -0.4 is 0 Å². The third-order valence-electron chi connectivity index (χ3n) is 3.61. The Kier molecular flexibility index (Phi) is 3.94. The minimum atomic E-state index is -1.28. The third-order valence-corrected chi connectivity index (χ3v) is 3.61. The van der Waals surface area contributed by atoms with E-state index in [1.165, 1.54) is 0 Å². The Labute approximate surface area is 127 Å². The Morgan fingerprint density at radius 1 is 1.09 bits per heavy atom. The molecule has 5 nitrogen and oxygen atoms in total. The van der Waals surface area contributed by atoms with Crippen molar-refractivity contribution in [3.8, 4) is 0 Å². The largest absolute Gasteiger partial charge is 0.376 e. The normalized spacial score (nSPS) is 20.8. The van der Waals surface area contributed by atoms with E-state index in [9.17, 15) is 9.90 Å². The van der Waals surface area contributed by atoms with Gasteiger partial charge in [-0.05, 0) is 11.1 Å². The summed E-state index contributed by atoms with van der Waals surface area (Å²) in [5.74, 6) is -0.507. The van der Waals surface area contributed by atoms with Crippen molar-refractivity contribution in [2.24, 2.45) is 0 Å². The lowest BCUT2D eigenvalue weighted by Gasteiger charge is -2.04. The predicted octanol–water partition coefficient (Wildman–Crippen LogP) is 2.10. The predicted molar refractivity (Wildman–Crippen MR) is 79.1 cm³/mol. The third kappa shape index (κ3) is 2.73. The second-order valence-electron chi connectivity index (χ2n) is 5.05. The number of ketones is 1.